The molecule has 2 aromatic heterocycles. The predicted molar refractivity (Wildman–Crippen MR) is 104 cm³/mol. The van der Waals surface area contributed by atoms with E-state index in [-0.39, 0.29) is 11.5 Å². The Morgan fingerprint density at radius 2 is 2.08 bits per heavy atom. The standard InChI is InChI=1S/C19H21N3O3S/c1-12-7-4-5-8-14(12)21-17(23)16-13(2)15-18(26-16)20-11-22(19(15)24)9-6-10-25-3/h4-5,7-8,11H,6,9-10H2,1-3H3,(H,21,23). The fraction of sp³-hybridized carbons (Fsp3) is 0.316. The summed E-state index contributed by atoms with van der Waals surface area (Å²) in [6.45, 7) is 4.86. The molecule has 0 aliphatic heterocycles. The van der Waals surface area contributed by atoms with Crippen LogP contribution >= 0.6 is 11.3 Å². The molecule has 7 heteroatoms. The van der Waals surface area contributed by atoms with E-state index in [1.165, 1.54) is 11.3 Å². The van der Waals surface area contributed by atoms with Gasteiger partial charge in [0.2, 0.25) is 0 Å². The summed E-state index contributed by atoms with van der Waals surface area (Å²) in [5.41, 5.74) is 2.31. The molecule has 0 atom stereocenters. The lowest BCUT2D eigenvalue weighted by Crippen LogP contribution is -2.21. The van der Waals surface area contributed by atoms with Crippen molar-refractivity contribution in [3.8, 4) is 0 Å². The molecule has 3 aromatic rings. The number of carbonyl (C=O) groups is 1. The summed E-state index contributed by atoms with van der Waals surface area (Å²) in [4.78, 5) is 30.9. The van der Waals surface area contributed by atoms with E-state index in [1.54, 1.807) is 24.9 Å². The molecule has 0 spiro atoms. The Morgan fingerprint density at radius 3 is 2.81 bits per heavy atom. The lowest BCUT2D eigenvalue weighted by Gasteiger charge is -2.07. The van der Waals surface area contributed by atoms with Gasteiger partial charge >= 0.3 is 0 Å². The zero-order valence-corrected chi connectivity index (χ0v) is 15.9. The van der Waals surface area contributed by atoms with E-state index in [4.69, 9.17) is 4.74 Å². The minimum atomic E-state index is -0.217. The smallest absolute Gasteiger partial charge is 0.266 e. The van der Waals surface area contributed by atoms with Gasteiger partial charge in [-0.2, -0.15) is 0 Å². The van der Waals surface area contributed by atoms with Crippen molar-refractivity contribution < 1.29 is 9.53 Å². The number of anilines is 1. The molecular formula is C19H21N3O3S. The molecule has 1 amide bonds. The molecule has 0 unspecified atom stereocenters. The highest BCUT2D eigenvalue weighted by Crippen LogP contribution is 2.28. The number of nitrogens with zero attached hydrogens (tertiary/aromatic N) is 2. The summed E-state index contributed by atoms with van der Waals surface area (Å²) in [5.74, 6) is -0.217. The van der Waals surface area contributed by atoms with Crippen molar-refractivity contribution in [3.05, 3.63) is 57.0 Å². The molecule has 1 N–H and O–H groups in total. The normalized spacial score (nSPS) is 11.0. The molecular weight excluding hydrogens is 350 g/mol. The third-order valence-electron chi connectivity index (χ3n) is 4.26. The number of thiophene rings is 1. The Bertz CT molecular complexity index is 1010. The zero-order valence-electron chi connectivity index (χ0n) is 15.0. The van der Waals surface area contributed by atoms with Gasteiger partial charge in [-0.3, -0.25) is 14.2 Å². The van der Waals surface area contributed by atoms with Gasteiger partial charge in [-0.05, 0) is 37.5 Å². The van der Waals surface area contributed by atoms with Crippen LogP contribution in [0.4, 0.5) is 5.69 Å². The van der Waals surface area contributed by atoms with Gasteiger partial charge in [-0.1, -0.05) is 18.2 Å². The molecule has 3 rings (SSSR count). The van der Waals surface area contributed by atoms with Crippen LogP contribution in [-0.4, -0.2) is 29.2 Å². The fourth-order valence-electron chi connectivity index (χ4n) is 2.81. The number of methoxy groups -OCH3 is 1. The van der Waals surface area contributed by atoms with Crippen LogP contribution in [0, 0.1) is 13.8 Å². The first kappa shape index (κ1) is 18.3. The second-order valence-corrected chi connectivity index (χ2v) is 7.09. The lowest BCUT2D eigenvalue weighted by atomic mass is 10.2. The van der Waals surface area contributed by atoms with Crippen LogP contribution in [0.15, 0.2) is 35.4 Å². The fourth-order valence-corrected chi connectivity index (χ4v) is 3.84. The maximum atomic E-state index is 12.7. The molecule has 0 saturated heterocycles. The van der Waals surface area contributed by atoms with Crippen LogP contribution in [0.5, 0.6) is 0 Å². The van der Waals surface area contributed by atoms with E-state index in [0.717, 1.165) is 17.7 Å². The lowest BCUT2D eigenvalue weighted by molar-refractivity contribution is 0.103. The number of ether oxygens (including phenoxy) is 1. The monoisotopic (exact) mass is 371 g/mol. The summed E-state index contributed by atoms with van der Waals surface area (Å²) >= 11 is 1.25. The number of nitrogens with one attached hydrogen (secondary N) is 1. The number of aryl methyl sites for hydroxylation is 3. The van der Waals surface area contributed by atoms with Crippen LogP contribution < -0.4 is 10.9 Å². The summed E-state index contributed by atoms with van der Waals surface area (Å²) in [6.07, 6.45) is 2.27. The number of para-hydroxylation sites is 1. The van der Waals surface area contributed by atoms with E-state index < -0.39 is 0 Å². The number of hydrogen-bond acceptors (Lipinski definition) is 5. The average Bonchev–Trinajstić information content (AvgIpc) is 2.96. The van der Waals surface area contributed by atoms with Crippen LogP contribution in [0.3, 0.4) is 0 Å². The highest BCUT2D eigenvalue weighted by molar-refractivity contribution is 7.20. The van der Waals surface area contributed by atoms with Crippen molar-refractivity contribution >= 4 is 33.1 Å². The second kappa shape index (κ2) is 7.80. The van der Waals surface area contributed by atoms with E-state index in [2.05, 4.69) is 10.3 Å². The van der Waals surface area contributed by atoms with Crippen LogP contribution in [0.25, 0.3) is 10.2 Å². The van der Waals surface area contributed by atoms with Crippen LogP contribution in [0.2, 0.25) is 0 Å². The molecule has 0 saturated carbocycles. The van der Waals surface area contributed by atoms with Gasteiger partial charge in [0, 0.05) is 25.9 Å². The van der Waals surface area contributed by atoms with Gasteiger partial charge < -0.3 is 10.1 Å². The Balaban J connectivity index is 1.94. The summed E-state index contributed by atoms with van der Waals surface area (Å²) in [5, 5.41) is 3.44. The van der Waals surface area contributed by atoms with Crippen molar-refractivity contribution in [2.45, 2.75) is 26.8 Å². The third kappa shape index (κ3) is 3.54. The molecule has 26 heavy (non-hydrogen) atoms. The van der Waals surface area contributed by atoms with Gasteiger partial charge in [-0.15, -0.1) is 11.3 Å². The number of carbonyl (C=O) groups excluding carboxylic acids is 1. The van der Waals surface area contributed by atoms with Crippen molar-refractivity contribution in [2.24, 2.45) is 0 Å². The summed E-state index contributed by atoms with van der Waals surface area (Å²) in [7, 11) is 1.63. The quantitative estimate of drug-likeness (QED) is 0.674. The molecule has 0 fully saturated rings. The molecule has 2 heterocycles. The first-order valence-electron chi connectivity index (χ1n) is 8.37. The Kier molecular flexibility index (Phi) is 5.49. The molecule has 136 valence electrons. The van der Waals surface area contributed by atoms with Crippen molar-refractivity contribution in [1.82, 2.24) is 9.55 Å². The van der Waals surface area contributed by atoms with Gasteiger partial charge in [0.1, 0.15) is 4.83 Å². The zero-order chi connectivity index (χ0) is 18.7. The maximum absolute atomic E-state index is 12.7. The number of rotatable bonds is 6. The van der Waals surface area contributed by atoms with Gasteiger partial charge in [0.25, 0.3) is 11.5 Å². The Hall–Kier alpha value is -2.51. The highest BCUT2D eigenvalue weighted by atomic mass is 32.1. The number of fused-ring (bicyclic) bond motifs is 1. The molecule has 0 aliphatic carbocycles. The van der Waals surface area contributed by atoms with Crippen LogP contribution in [-0.2, 0) is 11.3 Å². The molecule has 0 aliphatic rings. The van der Waals surface area contributed by atoms with Crippen molar-refractivity contribution in [3.63, 3.8) is 0 Å². The first-order chi connectivity index (χ1) is 12.5. The number of aromatic nitrogens is 2. The predicted octanol–water partition coefficient (Wildman–Crippen LogP) is 3.36. The minimum Gasteiger partial charge on any atom is -0.385 e. The molecule has 0 bridgehead atoms. The summed E-state index contributed by atoms with van der Waals surface area (Å²) in [6, 6.07) is 7.59. The maximum Gasteiger partial charge on any atom is 0.266 e. The highest BCUT2D eigenvalue weighted by Gasteiger charge is 2.19. The van der Waals surface area contributed by atoms with E-state index in [1.807, 2.05) is 31.2 Å². The van der Waals surface area contributed by atoms with Crippen molar-refractivity contribution in [2.75, 3.05) is 19.0 Å². The molecule has 0 radical (unpaired) electrons. The van der Waals surface area contributed by atoms with Gasteiger partial charge in [0.15, 0.2) is 0 Å². The van der Waals surface area contributed by atoms with E-state index in [9.17, 15) is 9.59 Å². The van der Waals surface area contributed by atoms with E-state index in [0.29, 0.717) is 33.8 Å². The first-order valence-corrected chi connectivity index (χ1v) is 9.19. The number of hydrogen-bond donors (Lipinski definition) is 1. The number of benzene rings is 1. The van der Waals surface area contributed by atoms with Gasteiger partial charge in [0.05, 0.1) is 16.6 Å². The SMILES string of the molecule is COCCCn1cnc2sc(C(=O)Nc3ccccc3C)c(C)c2c1=O. The number of amides is 1. The average molecular weight is 371 g/mol. The third-order valence-corrected chi connectivity index (χ3v) is 5.46. The minimum absolute atomic E-state index is 0.116. The molecule has 1 aromatic carbocycles. The molecule has 6 nitrogen and oxygen atoms in total. The van der Waals surface area contributed by atoms with E-state index >= 15 is 0 Å². The largest absolute Gasteiger partial charge is 0.385 e. The Morgan fingerprint density at radius 1 is 1.31 bits per heavy atom. The second-order valence-electron chi connectivity index (χ2n) is 6.09. The Labute approximate surface area is 155 Å². The van der Waals surface area contributed by atoms with Gasteiger partial charge in [-0.25, -0.2) is 4.98 Å². The van der Waals surface area contributed by atoms with Crippen LogP contribution in [0.1, 0.15) is 27.2 Å². The summed E-state index contributed by atoms with van der Waals surface area (Å²) < 4.78 is 6.60. The van der Waals surface area contributed by atoms with Crippen molar-refractivity contribution in [1.29, 1.82) is 0 Å². The topological polar surface area (TPSA) is 73.2 Å².